The van der Waals surface area contributed by atoms with Gasteiger partial charge in [0.25, 0.3) is 5.91 Å². The number of halogens is 3. The molecule has 1 aromatic heterocycles. The maximum atomic E-state index is 12.9. The molecule has 2 aromatic carbocycles. The van der Waals surface area contributed by atoms with Gasteiger partial charge in [-0.05, 0) is 48.5 Å². The molecule has 1 N–H and O–H groups in total. The van der Waals surface area contributed by atoms with Crippen molar-refractivity contribution in [3.05, 3.63) is 78.0 Å². The van der Waals surface area contributed by atoms with Crippen molar-refractivity contribution in [3.63, 3.8) is 0 Å². The molecule has 0 spiro atoms. The molecule has 0 saturated heterocycles. The van der Waals surface area contributed by atoms with Gasteiger partial charge in [0.1, 0.15) is 23.9 Å². The number of furan rings is 1. The third-order valence-corrected chi connectivity index (χ3v) is 5.19. The van der Waals surface area contributed by atoms with Gasteiger partial charge in [-0.25, -0.2) is 12.8 Å². The van der Waals surface area contributed by atoms with Crippen LogP contribution < -0.4 is 10.1 Å². The van der Waals surface area contributed by atoms with Crippen LogP contribution in [-0.4, -0.2) is 20.1 Å². The fourth-order valence-electron chi connectivity index (χ4n) is 2.36. The topological polar surface area (TPSA) is 85.6 Å². The number of nitrogens with one attached hydrogen (secondary N) is 1. The molecule has 0 aliphatic carbocycles. The van der Waals surface area contributed by atoms with Crippen LogP contribution in [0.15, 0.2) is 70.0 Å². The van der Waals surface area contributed by atoms with Crippen LogP contribution >= 0.6 is 0 Å². The summed E-state index contributed by atoms with van der Waals surface area (Å²) in [5.74, 6) is -4.38. The number of sulfone groups is 1. The second-order valence-electron chi connectivity index (χ2n) is 5.76. The largest absolute Gasteiger partial charge is 0.486 e. The van der Waals surface area contributed by atoms with Gasteiger partial charge in [-0.3, -0.25) is 4.79 Å². The van der Waals surface area contributed by atoms with Crippen LogP contribution in [0, 0.1) is 5.82 Å². The molecule has 0 radical (unpaired) electrons. The third-order valence-electron chi connectivity index (χ3n) is 3.76. The number of carbonyl (C=O) groups is 1. The molecule has 0 aliphatic heterocycles. The Balaban J connectivity index is 1.71. The lowest BCUT2D eigenvalue weighted by Crippen LogP contribution is -2.17. The molecule has 0 unspecified atom stereocenters. The van der Waals surface area contributed by atoms with Crippen LogP contribution in [0.2, 0.25) is 0 Å². The molecule has 10 heteroatoms. The van der Waals surface area contributed by atoms with Gasteiger partial charge in [0.15, 0.2) is 5.76 Å². The van der Waals surface area contributed by atoms with Crippen molar-refractivity contribution < 1.29 is 35.5 Å². The minimum absolute atomic E-state index is 0.0464. The summed E-state index contributed by atoms with van der Waals surface area (Å²) in [6, 6.07) is 12.9. The number of carbonyl (C=O) groups excluding carboxylic acids is 1. The van der Waals surface area contributed by atoms with Crippen molar-refractivity contribution in [3.8, 4) is 5.75 Å². The number of anilines is 1. The fourth-order valence-corrected chi connectivity index (χ4v) is 3.25. The first-order valence-corrected chi connectivity index (χ1v) is 9.71. The van der Waals surface area contributed by atoms with E-state index in [1.54, 1.807) is 0 Å². The molecule has 3 rings (SSSR count). The van der Waals surface area contributed by atoms with Crippen molar-refractivity contribution in [2.75, 3.05) is 5.32 Å². The predicted molar refractivity (Wildman–Crippen MR) is 97.0 cm³/mol. The van der Waals surface area contributed by atoms with E-state index in [0.717, 1.165) is 6.07 Å². The Morgan fingerprint density at radius 1 is 1.03 bits per heavy atom. The first kappa shape index (κ1) is 20.5. The van der Waals surface area contributed by atoms with Gasteiger partial charge in [-0.15, -0.1) is 0 Å². The van der Waals surface area contributed by atoms with Gasteiger partial charge < -0.3 is 14.5 Å². The molecule has 152 valence electrons. The summed E-state index contributed by atoms with van der Waals surface area (Å²) >= 11 is 0. The molecular formula is C19H14F3NO5S. The van der Waals surface area contributed by atoms with Gasteiger partial charge in [0.2, 0.25) is 9.84 Å². The van der Waals surface area contributed by atoms with Crippen LogP contribution in [0.3, 0.4) is 0 Å². The number of hydrogen-bond acceptors (Lipinski definition) is 5. The molecule has 0 aliphatic rings. The van der Waals surface area contributed by atoms with E-state index in [9.17, 15) is 26.4 Å². The Labute approximate surface area is 163 Å². The van der Waals surface area contributed by atoms with Crippen molar-refractivity contribution in [2.24, 2.45) is 0 Å². The molecule has 0 atom stereocenters. The Morgan fingerprint density at radius 2 is 1.72 bits per heavy atom. The normalized spacial score (nSPS) is 11.4. The minimum Gasteiger partial charge on any atom is -0.486 e. The van der Waals surface area contributed by atoms with E-state index in [2.05, 4.69) is 5.32 Å². The second-order valence-corrected chi connectivity index (χ2v) is 7.65. The van der Waals surface area contributed by atoms with Gasteiger partial charge in [0, 0.05) is 0 Å². The van der Waals surface area contributed by atoms with E-state index >= 15 is 0 Å². The lowest BCUT2D eigenvalue weighted by atomic mass is 10.3. The van der Waals surface area contributed by atoms with Crippen LogP contribution in [-0.2, 0) is 16.4 Å². The first-order valence-electron chi connectivity index (χ1n) is 8.17. The summed E-state index contributed by atoms with van der Waals surface area (Å²) < 4.78 is 72.8. The highest BCUT2D eigenvalue weighted by Gasteiger charge is 2.29. The maximum Gasteiger partial charge on any atom is 0.341 e. The van der Waals surface area contributed by atoms with Gasteiger partial charge >= 0.3 is 5.76 Å². The smallest absolute Gasteiger partial charge is 0.341 e. The second kappa shape index (κ2) is 8.39. The third kappa shape index (κ3) is 4.77. The number of ether oxygens (including phenoxy) is 1. The Hall–Kier alpha value is -3.27. The molecule has 0 fully saturated rings. The van der Waals surface area contributed by atoms with Crippen molar-refractivity contribution in [2.45, 2.75) is 17.3 Å². The number of hydrogen-bond donors (Lipinski definition) is 1. The lowest BCUT2D eigenvalue weighted by Gasteiger charge is -2.10. The highest BCUT2D eigenvalue weighted by Crippen LogP contribution is 2.26. The predicted octanol–water partition coefficient (Wildman–Crippen LogP) is 4.25. The average molecular weight is 425 g/mol. The first-order chi connectivity index (χ1) is 13.8. The zero-order valence-electron chi connectivity index (χ0n) is 14.6. The van der Waals surface area contributed by atoms with E-state index in [1.807, 2.05) is 0 Å². The fraction of sp³-hybridized carbons (Fsp3) is 0.105. The SMILES string of the molecule is O=C(Nc1ccccc1S(=O)(=O)C(F)F)c1ccc(COc2ccc(F)cc2)o1. The van der Waals surface area contributed by atoms with E-state index in [-0.39, 0.29) is 23.8 Å². The summed E-state index contributed by atoms with van der Waals surface area (Å²) in [5.41, 5.74) is -0.293. The number of amides is 1. The standard InChI is InChI=1S/C19H14F3NO5S/c20-12-5-7-13(8-6-12)27-11-14-9-10-16(28-14)18(24)23-15-3-1-2-4-17(15)29(25,26)19(21)22/h1-10,19H,11H2,(H,23,24). The summed E-state index contributed by atoms with van der Waals surface area (Å²) in [5, 5.41) is 2.25. The average Bonchev–Trinajstić information content (AvgIpc) is 3.17. The van der Waals surface area contributed by atoms with E-state index in [0.29, 0.717) is 5.75 Å². The highest BCUT2D eigenvalue weighted by atomic mass is 32.2. The monoisotopic (exact) mass is 425 g/mol. The molecule has 0 saturated carbocycles. The summed E-state index contributed by atoms with van der Waals surface area (Å²) in [7, 11) is -4.90. The van der Waals surface area contributed by atoms with Gasteiger partial charge in [0.05, 0.1) is 10.6 Å². The minimum atomic E-state index is -4.90. The summed E-state index contributed by atoms with van der Waals surface area (Å²) in [6.45, 7) is -0.0464. The van der Waals surface area contributed by atoms with Crippen LogP contribution in [0.4, 0.5) is 18.9 Å². The molecule has 29 heavy (non-hydrogen) atoms. The van der Waals surface area contributed by atoms with E-state index < -0.39 is 32.2 Å². The van der Waals surface area contributed by atoms with E-state index in [4.69, 9.17) is 9.15 Å². The van der Waals surface area contributed by atoms with Crippen LogP contribution in [0.1, 0.15) is 16.3 Å². The molecule has 0 bridgehead atoms. The zero-order valence-corrected chi connectivity index (χ0v) is 15.5. The number of para-hydroxylation sites is 1. The Bertz CT molecular complexity index is 1110. The molecule has 3 aromatic rings. The molecular weight excluding hydrogens is 411 g/mol. The van der Waals surface area contributed by atoms with E-state index in [1.165, 1.54) is 54.6 Å². The highest BCUT2D eigenvalue weighted by molar-refractivity contribution is 7.91. The number of rotatable bonds is 7. The van der Waals surface area contributed by atoms with Crippen LogP contribution in [0.25, 0.3) is 0 Å². The van der Waals surface area contributed by atoms with Gasteiger partial charge in [-0.2, -0.15) is 8.78 Å². The molecule has 1 amide bonds. The molecule has 6 nitrogen and oxygen atoms in total. The van der Waals surface area contributed by atoms with Crippen molar-refractivity contribution in [1.82, 2.24) is 0 Å². The summed E-state index contributed by atoms with van der Waals surface area (Å²) in [6.07, 6.45) is 0. The zero-order chi connectivity index (χ0) is 21.0. The Morgan fingerprint density at radius 3 is 2.41 bits per heavy atom. The lowest BCUT2D eigenvalue weighted by molar-refractivity contribution is 0.0992. The van der Waals surface area contributed by atoms with Crippen molar-refractivity contribution in [1.29, 1.82) is 0 Å². The summed E-state index contributed by atoms with van der Waals surface area (Å²) in [4.78, 5) is 11.6. The quantitative estimate of drug-likeness (QED) is 0.612. The molecule has 1 heterocycles. The number of benzene rings is 2. The van der Waals surface area contributed by atoms with Crippen molar-refractivity contribution >= 4 is 21.4 Å². The number of alkyl halides is 2. The van der Waals surface area contributed by atoms with Gasteiger partial charge in [-0.1, -0.05) is 12.1 Å². The maximum absolute atomic E-state index is 12.9. The van der Waals surface area contributed by atoms with Crippen LogP contribution in [0.5, 0.6) is 5.75 Å². The Kier molecular flexibility index (Phi) is 5.92.